The van der Waals surface area contributed by atoms with Crippen molar-refractivity contribution in [2.75, 3.05) is 37.3 Å². The van der Waals surface area contributed by atoms with Crippen molar-refractivity contribution in [1.29, 1.82) is 0 Å². The van der Waals surface area contributed by atoms with E-state index in [1.54, 1.807) is 56.7 Å². The Bertz CT molecular complexity index is 1070. The molecule has 1 aromatic heterocycles. The maximum Gasteiger partial charge on any atom is 0.325 e. The first-order valence-corrected chi connectivity index (χ1v) is 10.6. The van der Waals surface area contributed by atoms with Gasteiger partial charge in [0.15, 0.2) is 5.13 Å². The Hall–Kier alpha value is -3.79. The minimum Gasteiger partial charge on any atom is -0.497 e. The molecule has 0 radical (unpaired) electrons. The minimum atomic E-state index is -0.404. The number of amides is 3. The number of rotatable bonds is 9. The van der Waals surface area contributed by atoms with Crippen LogP contribution in [0.25, 0.3) is 0 Å². The summed E-state index contributed by atoms with van der Waals surface area (Å²) in [5.41, 5.74) is 1.87. The molecule has 0 saturated heterocycles. The van der Waals surface area contributed by atoms with E-state index < -0.39 is 6.03 Å². The number of urea groups is 1. The van der Waals surface area contributed by atoms with E-state index in [1.165, 1.54) is 18.4 Å². The van der Waals surface area contributed by atoms with Crippen molar-refractivity contribution >= 4 is 39.8 Å². The Kier molecular flexibility index (Phi) is 7.87. The van der Waals surface area contributed by atoms with E-state index in [0.29, 0.717) is 45.9 Å². The van der Waals surface area contributed by atoms with Crippen LogP contribution in [0.5, 0.6) is 17.2 Å². The predicted molar refractivity (Wildman–Crippen MR) is 124 cm³/mol. The molecule has 0 atom stereocenters. The first kappa shape index (κ1) is 22.9. The zero-order valence-electron chi connectivity index (χ0n) is 17.9. The molecule has 3 aromatic rings. The highest BCUT2D eigenvalue weighted by atomic mass is 32.1. The second kappa shape index (κ2) is 11.0. The predicted octanol–water partition coefficient (Wildman–Crippen LogP) is 4.38. The molecule has 168 valence electrons. The SMILES string of the molecule is COc1ccc(NC(=O)Nc2nc(CCC(=O)Nc3cc(OC)ccc3OC)cs2)cc1. The number of nitrogens with one attached hydrogen (secondary N) is 3. The molecule has 9 nitrogen and oxygen atoms in total. The topological polar surface area (TPSA) is 111 Å². The highest BCUT2D eigenvalue weighted by molar-refractivity contribution is 7.13. The molecule has 0 aliphatic carbocycles. The van der Waals surface area contributed by atoms with Crippen molar-refractivity contribution in [2.45, 2.75) is 12.8 Å². The van der Waals surface area contributed by atoms with Gasteiger partial charge in [-0.1, -0.05) is 0 Å². The van der Waals surface area contributed by atoms with Gasteiger partial charge in [-0.25, -0.2) is 9.78 Å². The minimum absolute atomic E-state index is 0.184. The maximum atomic E-state index is 12.4. The number of hydrogen-bond donors (Lipinski definition) is 3. The van der Waals surface area contributed by atoms with Gasteiger partial charge in [0.1, 0.15) is 17.2 Å². The van der Waals surface area contributed by atoms with Gasteiger partial charge in [0.05, 0.1) is 32.7 Å². The van der Waals surface area contributed by atoms with Crippen LogP contribution >= 0.6 is 11.3 Å². The van der Waals surface area contributed by atoms with Crippen molar-refractivity contribution in [2.24, 2.45) is 0 Å². The fourth-order valence-corrected chi connectivity index (χ4v) is 3.52. The van der Waals surface area contributed by atoms with Crippen molar-refractivity contribution in [3.05, 3.63) is 53.5 Å². The van der Waals surface area contributed by atoms with E-state index >= 15 is 0 Å². The second-order valence-electron chi connectivity index (χ2n) is 6.57. The lowest BCUT2D eigenvalue weighted by molar-refractivity contribution is -0.116. The molecule has 32 heavy (non-hydrogen) atoms. The molecule has 0 unspecified atom stereocenters. The quantitative estimate of drug-likeness (QED) is 0.441. The summed E-state index contributed by atoms with van der Waals surface area (Å²) in [6.07, 6.45) is 0.651. The van der Waals surface area contributed by atoms with E-state index in [0.717, 1.165) is 0 Å². The molecule has 0 aliphatic rings. The molecule has 3 rings (SSSR count). The van der Waals surface area contributed by atoms with Gasteiger partial charge in [-0.05, 0) is 42.8 Å². The first-order chi connectivity index (χ1) is 15.5. The lowest BCUT2D eigenvalue weighted by Gasteiger charge is -2.11. The van der Waals surface area contributed by atoms with Crippen molar-refractivity contribution in [3.63, 3.8) is 0 Å². The number of aromatic nitrogens is 1. The van der Waals surface area contributed by atoms with Gasteiger partial charge in [-0.15, -0.1) is 11.3 Å². The molecular formula is C22H24N4O5S. The lowest BCUT2D eigenvalue weighted by atomic mass is 10.2. The number of nitrogens with zero attached hydrogens (tertiary/aromatic N) is 1. The van der Waals surface area contributed by atoms with Crippen molar-refractivity contribution in [1.82, 2.24) is 4.98 Å². The van der Waals surface area contributed by atoms with Crippen LogP contribution in [0.1, 0.15) is 12.1 Å². The molecule has 0 aliphatic heterocycles. The maximum absolute atomic E-state index is 12.4. The van der Waals surface area contributed by atoms with Crippen LogP contribution in [-0.4, -0.2) is 38.3 Å². The van der Waals surface area contributed by atoms with Crippen molar-refractivity contribution < 1.29 is 23.8 Å². The lowest BCUT2D eigenvalue weighted by Crippen LogP contribution is -2.19. The van der Waals surface area contributed by atoms with Gasteiger partial charge in [0, 0.05) is 23.6 Å². The molecular weight excluding hydrogens is 432 g/mol. The molecule has 0 spiro atoms. The molecule has 0 bridgehead atoms. The largest absolute Gasteiger partial charge is 0.497 e. The monoisotopic (exact) mass is 456 g/mol. The average molecular weight is 457 g/mol. The summed E-state index contributed by atoms with van der Waals surface area (Å²) in [4.78, 5) is 28.9. The van der Waals surface area contributed by atoms with Gasteiger partial charge in [-0.3, -0.25) is 10.1 Å². The van der Waals surface area contributed by atoms with Crippen LogP contribution in [0.15, 0.2) is 47.8 Å². The highest BCUT2D eigenvalue weighted by Crippen LogP contribution is 2.29. The van der Waals surface area contributed by atoms with Gasteiger partial charge in [0.25, 0.3) is 0 Å². The Morgan fingerprint density at radius 3 is 2.31 bits per heavy atom. The second-order valence-corrected chi connectivity index (χ2v) is 7.42. The summed E-state index contributed by atoms with van der Waals surface area (Å²) >= 11 is 1.29. The van der Waals surface area contributed by atoms with Crippen LogP contribution in [0, 0.1) is 0 Å². The summed E-state index contributed by atoms with van der Waals surface area (Å²) in [6, 6.07) is 11.8. The van der Waals surface area contributed by atoms with E-state index in [-0.39, 0.29) is 12.3 Å². The van der Waals surface area contributed by atoms with Crippen LogP contribution < -0.4 is 30.2 Å². The number of thiazole rings is 1. The fraction of sp³-hybridized carbons (Fsp3) is 0.227. The average Bonchev–Trinajstić information content (AvgIpc) is 3.25. The number of anilines is 3. The van der Waals surface area contributed by atoms with E-state index in [4.69, 9.17) is 14.2 Å². The normalized spacial score (nSPS) is 10.2. The third-order valence-electron chi connectivity index (χ3n) is 4.41. The molecule has 1 heterocycles. The van der Waals surface area contributed by atoms with Crippen molar-refractivity contribution in [3.8, 4) is 17.2 Å². The van der Waals surface area contributed by atoms with E-state index in [2.05, 4.69) is 20.9 Å². The first-order valence-electron chi connectivity index (χ1n) is 9.69. The summed E-state index contributed by atoms with van der Waals surface area (Å²) < 4.78 is 15.5. The third-order valence-corrected chi connectivity index (χ3v) is 5.22. The van der Waals surface area contributed by atoms with Gasteiger partial charge < -0.3 is 24.8 Å². The number of hydrogen-bond acceptors (Lipinski definition) is 7. The number of aryl methyl sites for hydroxylation is 1. The molecule has 3 amide bonds. The molecule has 0 fully saturated rings. The number of methoxy groups -OCH3 is 3. The summed E-state index contributed by atoms with van der Waals surface area (Å²) in [7, 11) is 4.67. The molecule has 0 saturated carbocycles. The molecule has 10 heteroatoms. The number of carbonyl (C=O) groups is 2. The Labute approximate surface area is 189 Å². The number of ether oxygens (including phenoxy) is 3. The standard InChI is InChI=1S/C22H24N4O5S/c1-29-16-7-4-14(5-8-16)23-21(28)26-22-24-15(13-32-22)6-11-20(27)25-18-12-17(30-2)9-10-19(18)31-3/h4-5,7-10,12-13H,6,11H2,1-3H3,(H,25,27)(H2,23,24,26,28). The van der Waals surface area contributed by atoms with E-state index in [1.807, 2.05) is 5.38 Å². The molecule has 3 N–H and O–H groups in total. The van der Waals surface area contributed by atoms with Crippen LogP contribution in [0.3, 0.4) is 0 Å². The van der Waals surface area contributed by atoms with Gasteiger partial charge in [0.2, 0.25) is 5.91 Å². The summed E-state index contributed by atoms with van der Waals surface area (Å²) in [5, 5.41) is 10.5. The van der Waals surface area contributed by atoms with Crippen LogP contribution in [0.2, 0.25) is 0 Å². The number of carbonyl (C=O) groups excluding carboxylic acids is 2. The third kappa shape index (κ3) is 6.35. The Morgan fingerprint density at radius 2 is 1.62 bits per heavy atom. The van der Waals surface area contributed by atoms with E-state index in [9.17, 15) is 9.59 Å². The Balaban J connectivity index is 1.49. The Morgan fingerprint density at radius 1 is 0.906 bits per heavy atom. The molecule has 2 aromatic carbocycles. The zero-order valence-corrected chi connectivity index (χ0v) is 18.7. The summed E-state index contributed by atoms with van der Waals surface area (Å²) in [5.74, 6) is 1.68. The zero-order chi connectivity index (χ0) is 22.9. The fourth-order valence-electron chi connectivity index (χ4n) is 2.78. The van der Waals surface area contributed by atoms with Crippen LogP contribution in [0.4, 0.5) is 21.3 Å². The summed E-state index contributed by atoms with van der Waals surface area (Å²) in [6.45, 7) is 0. The van der Waals surface area contributed by atoms with Gasteiger partial charge in [-0.2, -0.15) is 0 Å². The smallest absolute Gasteiger partial charge is 0.325 e. The van der Waals surface area contributed by atoms with Crippen LogP contribution in [-0.2, 0) is 11.2 Å². The van der Waals surface area contributed by atoms with Gasteiger partial charge >= 0.3 is 6.03 Å². The highest BCUT2D eigenvalue weighted by Gasteiger charge is 2.12. The number of benzene rings is 2.